The Kier molecular flexibility index (Phi) is 8.02. The van der Waals surface area contributed by atoms with Crippen LogP contribution in [0.2, 0.25) is 0 Å². The molecule has 0 saturated heterocycles. The van der Waals surface area contributed by atoms with Gasteiger partial charge in [0.2, 0.25) is 0 Å². The summed E-state index contributed by atoms with van der Waals surface area (Å²) in [5, 5.41) is 2.93. The molecule has 6 heteroatoms. The molecule has 28 heavy (non-hydrogen) atoms. The van der Waals surface area contributed by atoms with Crippen molar-refractivity contribution < 1.29 is 14.3 Å². The van der Waals surface area contributed by atoms with Crippen LogP contribution in [-0.4, -0.2) is 55.4 Å². The highest BCUT2D eigenvalue weighted by Gasteiger charge is 2.14. The molecule has 0 bridgehead atoms. The monoisotopic (exact) mass is 383 g/mol. The largest absolute Gasteiger partial charge is 0.483 e. The van der Waals surface area contributed by atoms with Gasteiger partial charge < -0.3 is 15.0 Å². The number of amides is 2. The number of nitrogens with one attached hydrogen (secondary N) is 1. The van der Waals surface area contributed by atoms with Gasteiger partial charge in [-0.15, -0.1) is 0 Å². The molecule has 0 atom stereocenters. The van der Waals surface area contributed by atoms with E-state index in [1.54, 1.807) is 38.4 Å². The lowest BCUT2D eigenvalue weighted by molar-refractivity contribution is -0.130. The van der Waals surface area contributed by atoms with Crippen LogP contribution in [0.15, 0.2) is 48.5 Å². The quantitative estimate of drug-likeness (QED) is 0.722. The van der Waals surface area contributed by atoms with Crippen LogP contribution in [0.3, 0.4) is 0 Å². The van der Waals surface area contributed by atoms with Crippen LogP contribution in [0.5, 0.6) is 5.75 Å². The summed E-state index contributed by atoms with van der Waals surface area (Å²) in [6, 6.07) is 14.8. The molecule has 2 amide bonds. The number of para-hydroxylation sites is 1. The van der Waals surface area contributed by atoms with Crippen LogP contribution in [0.25, 0.3) is 0 Å². The summed E-state index contributed by atoms with van der Waals surface area (Å²) in [7, 11) is 3.32. The molecular weight excluding hydrogens is 354 g/mol. The molecule has 2 rings (SSSR count). The van der Waals surface area contributed by atoms with Crippen molar-refractivity contribution >= 4 is 17.5 Å². The van der Waals surface area contributed by atoms with Gasteiger partial charge in [0.25, 0.3) is 11.8 Å². The maximum absolute atomic E-state index is 12.8. The van der Waals surface area contributed by atoms with E-state index < -0.39 is 0 Å². The molecule has 6 nitrogen and oxygen atoms in total. The third-order valence-corrected chi connectivity index (χ3v) is 4.47. The number of benzene rings is 2. The van der Waals surface area contributed by atoms with Crippen molar-refractivity contribution in [3.63, 3.8) is 0 Å². The zero-order valence-corrected chi connectivity index (χ0v) is 17.1. The zero-order chi connectivity index (χ0) is 20.5. The highest BCUT2D eigenvalue weighted by molar-refractivity contribution is 6.06. The molecule has 2 aromatic carbocycles. The molecule has 0 spiro atoms. The first kappa shape index (κ1) is 21.4. The fraction of sp³-hybridized carbons (Fsp3) is 0.364. The Morgan fingerprint density at radius 3 is 2.39 bits per heavy atom. The van der Waals surface area contributed by atoms with Crippen LogP contribution in [-0.2, 0) is 11.3 Å². The Morgan fingerprint density at radius 1 is 1.00 bits per heavy atom. The average Bonchev–Trinajstić information content (AvgIpc) is 2.70. The minimum atomic E-state index is -0.270. The third kappa shape index (κ3) is 6.09. The minimum absolute atomic E-state index is 0.114. The number of ether oxygens (including phenoxy) is 1. The molecule has 150 valence electrons. The summed E-state index contributed by atoms with van der Waals surface area (Å²) >= 11 is 0. The highest BCUT2D eigenvalue weighted by Crippen LogP contribution is 2.20. The van der Waals surface area contributed by atoms with Crippen LogP contribution >= 0.6 is 0 Å². The first-order chi connectivity index (χ1) is 13.4. The van der Waals surface area contributed by atoms with Gasteiger partial charge in [-0.05, 0) is 42.9 Å². The maximum atomic E-state index is 12.8. The van der Waals surface area contributed by atoms with Gasteiger partial charge in [-0.3, -0.25) is 14.5 Å². The molecule has 0 aliphatic heterocycles. The molecule has 0 aliphatic rings. The van der Waals surface area contributed by atoms with Gasteiger partial charge in [0.1, 0.15) is 5.75 Å². The van der Waals surface area contributed by atoms with Gasteiger partial charge in [-0.1, -0.05) is 38.1 Å². The standard InChI is InChI=1S/C22H29N3O3/c1-5-25(6-2)15-17-10-9-11-18(14-17)23-22(27)19-12-7-8-13-20(19)28-16-21(26)24(3)4/h7-14H,5-6,15-16H2,1-4H3,(H,23,27). The van der Waals surface area contributed by atoms with Crippen molar-refractivity contribution in [3.8, 4) is 5.75 Å². The van der Waals surface area contributed by atoms with Gasteiger partial charge in [0.15, 0.2) is 6.61 Å². The van der Waals surface area contributed by atoms with E-state index in [2.05, 4.69) is 30.1 Å². The number of carbonyl (C=O) groups is 2. The molecule has 0 aromatic heterocycles. The molecule has 0 unspecified atom stereocenters. The number of likely N-dealkylation sites (N-methyl/N-ethyl adjacent to an activating group) is 1. The summed E-state index contributed by atoms with van der Waals surface area (Å²) in [4.78, 5) is 28.3. The first-order valence-electron chi connectivity index (χ1n) is 9.49. The number of carbonyl (C=O) groups excluding carboxylic acids is 2. The maximum Gasteiger partial charge on any atom is 0.259 e. The SMILES string of the molecule is CCN(CC)Cc1cccc(NC(=O)c2ccccc2OCC(=O)N(C)C)c1. The molecule has 0 aliphatic carbocycles. The van der Waals surface area contributed by atoms with Crippen molar-refractivity contribution in [2.24, 2.45) is 0 Å². The second-order valence-electron chi connectivity index (χ2n) is 6.69. The van der Waals surface area contributed by atoms with Gasteiger partial charge in [-0.25, -0.2) is 0 Å². The van der Waals surface area contributed by atoms with Crippen LogP contribution in [0, 0.1) is 0 Å². The normalized spacial score (nSPS) is 10.6. The molecule has 0 saturated carbocycles. The summed E-state index contributed by atoms with van der Waals surface area (Å²) < 4.78 is 5.57. The predicted octanol–water partition coefficient (Wildman–Crippen LogP) is 3.25. The van der Waals surface area contributed by atoms with Crippen molar-refractivity contribution in [1.29, 1.82) is 0 Å². The van der Waals surface area contributed by atoms with Crippen LogP contribution in [0.1, 0.15) is 29.8 Å². The van der Waals surface area contributed by atoms with Crippen LogP contribution in [0.4, 0.5) is 5.69 Å². The van der Waals surface area contributed by atoms with Gasteiger partial charge in [0, 0.05) is 26.3 Å². The van der Waals surface area contributed by atoms with Gasteiger partial charge in [0.05, 0.1) is 5.56 Å². The van der Waals surface area contributed by atoms with E-state index in [0.717, 1.165) is 30.9 Å². The number of rotatable bonds is 9. The zero-order valence-electron chi connectivity index (χ0n) is 17.1. The first-order valence-corrected chi connectivity index (χ1v) is 9.49. The van der Waals surface area contributed by atoms with E-state index in [1.807, 2.05) is 18.2 Å². The topological polar surface area (TPSA) is 61.9 Å². The summed E-state index contributed by atoms with van der Waals surface area (Å²) in [6.07, 6.45) is 0. The second kappa shape index (κ2) is 10.5. The van der Waals surface area contributed by atoms with E-state index in [4.69, 9.17) is 4.74 Å². The number of nitrogens with zero attached hydrogens (tertiary/aromatic N) is 2. The Morgan fingerprint density at radius 2 is 1.71 bits per heavy atom. The molecule has 0 fully saturated rings. The van der Waals surface area contributed by atoms with E-state index >= 15 is 0 Å². The average molecular weight is 383 g/mol. The van der Waals surface area contributed by atoms with E-state index in [9.17, 15) is 9.59 Å². The number of hydrogen-bond donors (Lipinski definition) is 1. The third-order valence-electron chi connectivity index (χ3n) is 4.47. The van der Waals surface area contributed by atoms with E-state index in [1.165, 1.54) is 4.90 Å². The molecular formula is C22H29N3O3. The lowest BCUT2D eigenvalue weighted by Crippen LogP contribution is -2.28. The van der Waals surface area contributed by atoms with Crippen LogP contribution < -0.4 is 10.1 Å². The smallest absolute Gasteiger partial charge is 0.259 e. The fourth-order valence-electron chi connectivity index (χ4n) is 2.70. The van der Waals surface area contributed by atoms with Crippen molar-refractivity contribution in [2.75, 3.05) is 39.1 Å². The molecule has 0 radical (unpaired) electrons. The van der Waals surface area contributed by atoms with E-state index in [-0.39, 0.29) is 18.4 Å². The minimum Gasteiger partial charge on any atom is -0.483 e. The summed E-state index contributed by atoms with van der Waals surface area (Å²) in [5.41, 5.74) is 2.26. The fourth-order valence-corrected chi connectivity index (χ4v) is 2.70. The Bertz CT molecular complexity index is 801. The van der Waals surface area contributed by atoms with Crippen molar-refractivity contribution in [2.45, 2.75) is 20.4 Å². The predicted molar refractivity (Wildman–Crippen MR) is 112 cm³/mol. The number of hydrogen-bond acceptors (Lipinski definition) is 4. The lowest BCUT2D eigenvalue weighted by atomic mass is 10.1. The molecule has 0 heterocycles. The summed E-state index contributed by atoms with van der Waals surface area (Å²) in [5.74, 6) is -0.0540. The Balaban J connectivity index is 2.10. The van der Waals surface area contributed by atoms with Gasteiger partial charge in [-0.2, -0.15) is 0 Å². The lowest BCUT2D eigenvalue weighted by Gasteiger charge is -2.18. The molecule has 1 N–H and O–H groups in total. The second-order valence-corrected chi connectivity index (χ2v) is 6.69. The van der Waals surface area contributed by atoms with Crippen molar-refractivity contribution in [3.05, 3.63) is 59.7 Å². The Hall–Kier alpha value is -2.86. The summed E-state index contributed by atoms with van der Waals surface area (Å²) in [6.45, 7) is 6.94. The molecule has 2 aromatic rings. The van der Waals surface area contributed by atoms with Crippen molar-refractivity contribution in [1.82, 2.24) is 9.80 Å². The number of anilines is 1. The highest BCUT2D eigenvalue weighted by atomic mass is 16.5. The Labute approximate surface area is 167 Å². The van der Waals surface area contributed by atoms with E-state index in [0.29, 0.717) is 11.3 Å². The van der Waals surface area contributed by atoms with Gasteiger partial charge >= 0.3 is 0 Å².